The molecule has 5 nitrogen and oxygen atoms in total. The topological polar surface area (TPSA) is 64.7 Å². The summed E-state index contributed by atoms with van der Waals surface area (Å²) in [6.07, 6.45) is 0. The monoisotopic (exact) mass is 808 g/mol. The van der Waals surface area contributed by atoms with Crippen LogP contribution in [0.5, 0.6) is 0 Å². The van der Waals surface area contributed by atoms with Gasteiger partial charge >= 0.3 is 0 Å². The number of nitrogens with zero attached hydrogens (tertiary/aromatic N) is 4. The second kappa shape index (κ2) is 16.0. The highest BCUT2D eigenvalue weighted by Gasteiger charge is 2.19. The van der Waals surface area contributed by atoms with E-state index in [2.05, 4.69) is 189 Å². The van der Waals surface area contributed by atoms with E-state index in [0.29, 0.717) is 17.5 Å². The van der Waals surface area contributed by atoms with Gasteiger partial charge in [-0.05, 0) is 100 Å². The number of hydrogen-bond acceptors (Lipinski definition) is 5. The van der Waals surface area contributed by atoms with Crippen LogP contribution in [0.2, 0.25) is 0 Å². The van der Waals surface area contributed by atoms with Crippen LogP contribution in [0.25, 0.3) is 112 Å². The molecule has 5 heteroatoms. The molecule has 3 heterocycles. The Balaban J connectivity index is 1.03. The third kappa shape index (κ3) is 7.26. The zero-order valence-corrected chi connectivity index (χ0v) is 34.8. The van der Waals surface area contributed by atoms with E-state index in [0.717, 1.165) is 83.4 Å². The van der Waals surface area contributed by atoms with Crippen molar-refractivity contribution >= 4 is 21.9 Å². The van der Waals surface area contributed by atoms with Crippen LogP contribution in [0, 0.1) is 13.8 Å². The van der Waals surface area contributed by atoms with E-state index in [-0.39, 0.29) is 0 Å². The Kier molecular flexibility index (Phi) is 9.55. The molecule has 3 aromatic heterocycles. The van der Waals surface area contributed by atoms with Crippen molar-refractivity contribution in [2.75, 3.05) is 0 Å². The Labute approximate surface area is 366 Å². The van der Waals surface area contributed by atoms with Gasteiger partial charge in [0.05, 0.1) is 0 Å². The number of para-hydroxylation sites is 1. The van der Waals surface area contributed by atoms with Crippen molar-refractivity contribution in [2.24, 2.45) is 0 Å². The van der Waals surface area contributed by atoms with Crippen LogP contribution in [0.15, 0.2) is 211 Å². The maximum atomic E-state index is 6.30. The van der Waals surface area contributed by atoms with Crippen LogP contribution < -0.4 is 0 Å². The molecule has 0 radical (unpaired) electrons. The van der Waals surface area contributed by atoms with Crippen LogP contribution in [0.1, 0.15) is 11.4 Å². The SMILES string of the molecule is Cc1ccc(-c2ccc(-c3nc(-c4ccc(-c5cc(-c6ccccc6)c(-c6ccccc6)c(-c6ccccc6)c5)cc4)nc(-c4ccc5c(c4)oc4ccccc45)n3)cc2)c(C)n1. The van der Waals surface area contributed by atoms with Gasteiger partial charge in [-0.3, -0.25) is 4.98 Å². The van der Waals surface area contributed by atoms with Crippen molar-refractivity contribution in [3.8, 4) is 89.8 Å². The minimum Gasteiger partial charge on any atom is -0.456 e. The number of benzene rings is 8. The van der Waals surface area contributed by atoms with Crippen LogP contribution in [-0.2, 0) is 0 Å². The lowest BCUT2D eigenvalue weighted by Crippen LogP contribution is -2.00. The molecule has 63 heavy (non-hydrogen) atoms. The molecule has 0 bridgehead atoms. The number of aromatic nitrogens is 4. The van der Waals surface area contributed by atoms with E-state index < -0.39 is 0 Å². The number of fused-ring (bicyclic) bond motifs is 3. The van der Waals surface area contributed by atoms with Crippen molar-refractivity contribution in [2.45, 2.75) is 13.8 Å². The van der Waals surface area contributed by atoms with Crippen molar-refractivity contribution in [1.82, 2.24) is 19.9 Å². The molecule has 0 atom stereocenters. The van der Waals surface area contributed by atoms with E-state index in [9.17, 15) is 0 Å². The van der Waals surface area contributed by atoms with Gasteiger partial charge in [-0.25, -0.2) is 15.0 Å². The summed E-state index contributed by atoms with van der Waals surface area (Å²) in [4.78, 5) is 20.0. The standard InChI is InChI=1S/C58H40N4O/c1-37-22-32-48(38(2)59-37)42-25-29-45(30-26-42)57-60-56(61-58(62-57)46-31-33-50-49-20-12-13-21-53(49)63-54(50)36-46)44-27-23-39(24-28-44)47-34-51(40-14-6-3-7-15-40)55(43-18-10-5-11-19-43)52(35-47)41-16-8-4-9-17-41/h3-36H,1-2H3. The van der Waals surface area contributed by atoms with Gasteiger partial charge in [0.1, 0.15) is 11.2 Å². The predicted molar refractivity (Wildman–Crippen MR) is 258 cm³/mol. The molecule has 11 rings (SSSR count). The van der Waals surface area contributed by atoms with Crippen LogP contribution in [0.3, 0.4) is 0 Å². The molecule has 0 unspecified atom stereocenters. The lowest BCUT2D eigenvalue weighted by atomic mass is 9.84. The first-order valence-corrected chi connectivity index (χ1v) is 21.2. The number of rotatable bonds is 8. The maximum Gasteiger partial charge on any atom is 0.164 e. The first-order valence-electron chi connectivity index (χ1n) is 21.2. The first-order chi connectivity index (χ1) is 31.0. The van der Waals surface area contributed by atoms with Gasteiger partial charge in [-0.2, -0.15) is 0 Å². The number of hydrogen-bond donors (Lipinski definition) is 0. The van der Waals surface area contributed by atoms with E-state index in [1.807, 2.05) is 31.2 Å². The molecule has 0 aliphatic carbocycles. The Morgan fingerprint density at radius 1 is 0.302 bits per heavy atom. The fraction of sp³-hybridized carbons (Fsp3) is 0.0345. The smallest absolute Gasteiger partial charge is 0.164 e. The Hall–Kier alpha value is -8.28. The van der Waals surface area contributed by atoms with Gasteiger partial charge in [-0.1, -0.05) is 170 Å². The lowest BCUT2D eigenvalue weighted by Gasteiger charge is -2.19. The van der Waals surface area contributed by atoms with Gasteiger partial charge in [0.25, 0.3) is 0 Å². The van der Waals surface area contributed by atoms with Gasteiger partial charge in [0, 0.05) is 44.4 Å². The Bertz CT molecular complexity index is 3370. The Morgan fingerprint density at radius 3 is 1.35 bits per heavy atom. The summed E-state index contributed by atoms with van der Waals surface area (Å²) in [7, 11) is 0. The quantitative estimate of drug-likeness (QED) is 0.153. The molecule has 0 N–H and O–H groups in total. The Morgan fingerprint density at radius 2 is 0.762 bits per heavy atom. The summed E-state index contributed by atoms with van der Waals surface area (Å²) in [5.74, 6) is 1.74. The second-order valence-electron chi connectivity index (χ2n) is 15.9. The van der Waals surface area contributed by atoms with E-state index >= 15 is 0 Å². The highest BCUT2D eigenvalue weighted by atomic mass is 16.3. The summed E-state index contributed by atoms with van der Waals surface area (Å²) >= 11 is 0. The molecule has 8 aromatic carbocycles. The van der Waals surface area contributed by atoms with E-state index in [4.69, 9.17) is 24.4 Å². The molecule has 0 spiro atoms. The van der Waals surface area contributed by atoms with E-state index in [1.165, 1.54) is 22.3 Å². The van der Waals surface area contributed by atoms with Crippen molar-refractivity contribution in [1.29, 1.82) is 0 Å². The number of pyridine rings is 1. The molecule has 298 valence electrons. The van der Waals surface area contributed by atoms with Crippen molar-refractivity contribution < 1.29 is 4.42 Å². The van der Waals surface area contributed by atoms with E-state index in [1.54, 1.807) is 0 Å². The molecule has 0 saturated heterocycles. The number of aryl methyl sites for hydroxylation is 2. The van der Waals surface area contributed by atoms with Crippen LogP contribution in [-0.4, -0.2) is 19.9 Å². The maximum absolute atomic E-state index is 6.30. The second-order valence-corrected chi connectivity index (χ2v) is 15.9. The average Bonchev–Trinajstić information content (AvgIpc) is 3.72. The zero-order valence-electron chi connectivity index (χ0n) is 34.8. The summed E-state index contributed by atoms with van der Waals surface area (Å²) in [5, 5.41) is 2.13. The molecular formula is C58H40N4O. The third-order valence-corrected chi connectivity index (χ3v) is 11.8. The van der Waals surface area contributed by atoms with Crippen molar-refractivity contribution in [3.63, 3.8) is 0 Å². The summed E-state index contributed by atoms with van der Waals surface area (Å²) in [5.41, 5.74) is 17.7. The van der Waals surface area contributed by atoms with Crippen LogP contribution in [0.4, 0.5) is 0 Å². The molecule has 0 fully saturated rings. The van der Waals surface area contributed by atoms with Gasteiger partial charge in [0.2, 0.25) is 0 Å². The highest BCUT2D eigenvalue weighted by Crippen LogP contribution is 2.43. The lowest BCUT2D eigenvalue weighted by molar-refractivity contribution is 0.669. The molecule has 0 saturated carbocycles. The molecule has 0 amide bonds. The molecule has 0 aliphatic rings. The summed E-state index contributed by atoms with van der Waals surface area (Å²) < 4.78 is 6.30. The summed E-state index contributed by atoms with van der Waals surface area (Å²) in [6.45, 7) is 4.07. The minimum absolute atomic E-state index is 0.570. The fourth-order valence-electron chi connectivity index (χ4n) is 8.65. The number of furan rings is 1. The highest BCUT2D eigenvalue weighted by molar-refractivity contribution is 6.05. The molecular weight excluding hydrogens is 769 g/mol. The zero-order chi connectivity index (χ0) is 42.3. The van der Waals surface area contributed by atoms with Crippen LogP contribution >= 0.6 is 0 Å². The fourth-order valence-corrected chi connectivity index (χ4v) is 8.65. The average molecular weight is 809 g/mol. The third-order valence-electron chi connectivity index (χ3n) is 11.8. The minimum atomic E-state index is 0.570. The van der Waals surface area contributed by atoms with Gasteiger partial charge in [0.15, 0.2) is 17.5 Å². The van der Waals surface area contributed by atoms with Gasteiger partial charge < -0.3 is 4.42 Å². The van der Waals surface area contributed by atoms with Gasteiger partial charge in [-0.15, -0.1) is 0 Å². The summed E-state index contributed by atoms with van der Waals surface area (Å²) in [6, 6.07) is 72.2. The first kappa shape index (κ1) is 37.7. The molecule has 11 aromatic rings. The molecule has 0 aliphatic heterocycles. The van der Waals surface area contributed by atoms with Crippen molar-refractivity contribution in [3.05, 3.63) is 218 Å². The predicted octanol–water partition coefficient (Wildman–Crippen LogP) is 15.1. The normalized spacial score (nSPS) is 11.3. The largest absolute Gasteiger partial charge is 0.456 e.